The minimum absolute atomic E-state index is 0.239. The average molecular weight is 435 g/mol. The standard InChI is InChI=1S/C25H26FN3O3/c1-2-28(16-18-8-4-3-5-9-18)23(30)17-32-25(31)24-21-10-6-7-11-22(21)29(27-24)20-14-12-19(26)13-15-20/h3-5,8-9,12-15H,2,6-7,10-11,16-17H2,1H3. The molecule has 1 aliphatic carbocycles. The minimum atomic E-state index is -0.604. The second-order valence-corrected chi connectivity index (χ2v) is 7.84. The van der Waals surface area contributed by atoms with Gasteiger partial charge in [-0.05, 0) is 62.4 Å². The van der Waals surface area contributed by atoms with Gasteiger partial charge in [-0.3, -0.25) is 4.79 Å². The molecule has 6 nitrogen and oxygen atoms in total. The summed E-state index contributed by atoms with van der Waals surface area (Å²) < 4.78 is 20.4. The second-order valence-electron chi connectivity index (χ2n) is 7.84. The maximum atomic E-state index is 13.3. The summed E-state index contributed by atoms with van der Waals surface area (Å²) in [5, 5.41) is 4.50. The normalized spacial score (nSPS) is 12.8. The number of ether oxygens (including phenoxy) is 1. The molecule has 0 saturated heterocycles. The van der Waals surface area contributed by atoms with Crippen molar-refractivity contribution in [2.45, 2.75) is 39.2 Å². The highest BCUT2D eigenvalue weighted by molar-refractivity contribution is 5.91. The first-order valence-corrected chi connectivity index (χ1v) is 10.9. The molecule has 0 N–H and O–H groups in total. The number of benzene rings is 2. The average Bonchev–Trinajstić information content (AvgIpc) is 3.22. The van der Waals surface area contributed by atoms with E-state index in [4.69, 9.17) is 4.74 Å². The monoisotopic (exact) mass is 435 g/mol. The molecular formula is C25H26FN3O3. The molecule has 1 heterocycles. The minimum Gasteiger partial charge on any atom is -0.451 e. The number of hydrogen-bond donors (Lipinski definition) is 0. The van der Waals surface area contributed by atoms with E-state index < -0.39 is 5.97 Å². The van der Waals surface area contributed by atoms with Crippen LogP contribution in [0.25, 0.3) is 5.69 Å². The highest BCUT2D eigenvalue weighted by atomic mass is 19.1. The summed E-state index contributed by atoms with van der Waals surface area (Å²) in [4.78, 5) is 27.2. The van der Waals surface area contributed by atoms with Crippen LogP contribution >= 0.6 is 0 Å². The van der Waals surface area contributed by atoms with Crippen molar-refractivity contribution in [2.24, 2.45) is 0 Å². The predicted octanol–water partition coefficient (Wildman–Crippen LogP) is 4.10. The van der Waals surface area contributed by atoms with Crippen molar-refractivity contribution in [2.75, 3.05) is 13.2 Å². The van der Waals surface area contributed by atoms with Gasteiger partial charge in [-0.2, -0.15) is 5.10 Å². The number of esters is 1. The zero-order valence-electron chi connectivity index (χ0n) is 18.1. The number of carbonyl (C=O) groups excluding carboxylic acids is 2. The van der Waals surface area contributed by atoms with E-state index in [1.165, 1.54) is 12.1 Å². The number of halogens is 1. The maximum absolute atomic E-state index is 13.3. The molecule has 0 aliphatic heterocycles. The van der Waals surface area contributed by atoms with Gasteiger partial charge < -0.3 is 9.64 Å². The zero-order chi connectivity index (χ0) is 22.5. The Morgan fingerprint density at radius 2 is 1.78 bits per heavy atom. The molecule has 0 saturated carbocycles. The van der Waals surface area contributed by atoms with Crippen LogP contribution in [0.3, 0.4) is 0 Å². The lowest BCUT2D eigenvalue weighted by atomic mass is 9.95. The van der Waals surface area contributed by atoms with E-state index in [0.29, 0.717) is 18.8 Å². The predicted molar refractivity (Wildman–Crippen MR) is 118 cm³/mol. The van der Waals surface area contributed by atoms with Crippen LogP contribution in [0.5, 0.6) is 0 Å². The van der Waals surface area contributed by atoms with E-state index in [1.807, 2.05) is 37.3 Å². The lowest BCUT2D eigenvalue weighted by Gasteiger charge is -2.20. The van der Waals surface area contributed by atoms with Gasteiger partial charge in [-0.1, -0.05) is 30.3 Å². The number of amides is 1. The van der Waals surface area contributed by atoms with Crippen LogP contribution in [0.2, 0.25) is 0 Å². The van der Waals surface area contributed by atoms with Crippen LogP contribution in [-0.2, 0) is 28.9 Å². The van der Waals surface area contributed by atoms with Crippen molar-refractivity contribution in [3.8, 4) is 5.69 Å². The van der Waals surface area contributed by atoms with Crippen LogP contribution in [-0.4, -0.2) is 39.7 Å². The fourth-order valence-electron chi connectivity index (χ4n) is 4.03. The molecule has 0 radical (unpaired) electrons. The third kappa shape index (κ3) is 4.72. The molecule has 3 aromatic rings. The Morgan fingerprint density at radius 1 is 1.06 bits per heavy atom. The van der Waals surface area contributed by atoms with Crippen molar-refractivity contribution in [3.05, 3.63) is 82.9 Å². The number of hydrogen-bond acceptors (Lipinski definition) is 4. The smallest absolute Gasteiger partial charge is 0.359 e. The van der Waals surface area contributed by atoms with Gasteiger partial charge in [0.25, 0.3) is 5.91 Å². The molecule has 4 rings (SSSR count). The molecule has 1 amide bonds. The number of fused-ring (bicyclic) bond motifs is 1. The topological polar surface area (TPSA) is 64.4 Å². The van der Waals surface area contributed by atoms with Crippen LogP contribution in [0.4, 0.5) is 4.39 Å². The first-order valence-electron chi connectivity index (χ1n) is 10.9. The van der Waals surface area contributed by atoms with Crippen molar-refractivity contribution in [3.63, 3.8) is 0 Å². The number of nitrogens with zero attached hydrogens (tertiary/aromatic N) is 3. The van der Waals surface area contributed by atoms with E-state index >= 15 is 0 Å². The Morgan fingerprint density at radius 3 is 2.50 bits per heavy atom. The summed E-state index contributed by atoms with van der Waals surface area (Å²) in [6, 6.07) is 15.7. The number of rotatable bonds is 7. The molecule has 7 heteroatoms. The second kappa shape index (κ2) is 9.77. The fourth-order valence-corrected chi connectivity index (χ4v) is 4.03. The highest BCUT2D eigenvalue weighted by Gasteiger charge is 2.27. The Hall–Kier alpha value is -3.48. The summed E-state index contributed by atoms with van der Waals surface area (Å²) in [6.45, 7) is 2.53. The Kier molecular flexibility index (Phi) is 6.63. The number of aromatic nitrogens is 2. The van der Waals surface area contributed by atoms with Crippen LogP contribution in [0, 0.1) is 5.82 Å². The van der Waals surface area contributed by atoms with E-state index in [1.54, 1.807) is 21.7 Å². The Bertz CT molecular complexity index is 1090. The van der Waals surface area contributed by atoms with Gasteiger partial charge in [0.2, 0.25) is 0 Å². The van der Waals surface area contributed by atoms with Crippen molar-refractivity contribution in [1.82, 2.24) is 14.7 Å². The largest absolute Gasteiger partial charge is 0.451 e. The molecule has 32 heavy (non-hydrogen) atoms. The molecule has 0 unspecified atom stereocenters. The first kappa shape index (κ1) is 21.7. The third-order valence-corrected chi connectivity index (χ3v) is 5.72. The lowest BCUT2D eigenvalue weighted by molar-refractivity contribution is -0.135. The summed E-state index contributed by atoms with van der Waals surface area (Å²) in [5.74, 6) is -1.19. The third-order valence-electron chi connectivity index (χ3n) is 5.72. The molecular weight excluding hydrogens is 409 g/mol. The van der Waals surface area contributed by atoms with Gasteiger partial charge in [0, 0.05) is 24.3 Å². The van der Waals surface area contributed by atoms with Crippen LogP contribution < -0.4 is 0 Å². The molecule has 0 spiro atoms. The maximum Gasteiger partial charge on any atom is 0.359 e. The Labute approximate surface area is 186 Å². The van der Waals surface area contributed by atoms with Gasteiger partial charge in [0.1, 0.15) is 5.82 Å². The van der Waals surface area contributed by atoms with Gasteiger partial charge in [0.05, 0.1) is 5.69 Å². The Balaban J connectivity index is 1.48. The lowest BCUT2D eigenvalue weighted by Crippen LogP contribution is -2.34. The molecule has 166 valence electrons. The number of carbonyl (C=O) groups is 2. The molecule has 1 aromatic heterocycles. The van der Waals surface area contributed by atoms with Crippen molar-refractivity contribution in [1.29, 1.82) is 0 Å². The SMILES string of the molecule is CCN(Cc1ccccc1)C(=O)COC(=O)c1nn(-c2ccc(F)cc2)c2c1CCCC2. The number of likely N-dealkylation sites (N-methyl/N-ethyl adjacent to an activating group) is 1. The fraction of sp³-hybridized carbons (Fsp3) is 0.320. The van der Waals surface area contributed by atoms with E-state index in [2.05, 4.69) is 5.10 Å². The quantitative estimate of drug-likeness (QED) is 0.524. The highest BCUT2D eigenvalue weighted by Crippen LogP contribution is 2.27. The van der Waals surface area contributed by atoms with E-state index in [-0.39, 0.29) is 24.0 Å². The zero-order valence-corrected chi connectivity index (χ0v) is 18.1. The molecule has 0 fully saturated rings. The summed E-state index contributed by atoms with van der Waals surface area (Å²) in [7, 11) is 0. The molecule has 1 aliphatic rings. The molecule has 0 atom stereocenters. The van der Waals surface area contributed by atoms with Gasteiger partial charge in [-0.25, -0.2) is 13.9 Å². The summed E-state index contributed by atoms with van der Waals surface area (Å²) in [6.07, 6.45) is 3.47. The van der Waals surface area contributed by atoms with Crippen LogP contribution in [0.15, 0.2) is 54.6 Å². The summed E-state index contributed by atoms with van der Waals surface area (Å²) in [5.41, 5.74) is 3.75. The first-order chi connectivity index (χ1) is 15.6. The molecule has 2 aromatic carbocycles. The van der Waals surface area contributed by atoms with Crippen molar-refractivity contribution < 1.29 is 18.7 Å². The molecule has 0 bridgehead atoms. The van der Waals surface area contributed by atoms with Gasteiger partial charge in [-0.15, -0.1) is 0 Å². The van der Waals surface area contributed by atoms with Gasteiger partial charge in [0.15, 0.2) is 12.3 Å². The summed E-state index contributed by atoms with van der Waals surface area (Å²) >= 11 is 0. The van der Waals surface area contributed by atoms with E-state index in [0.717, 1.165) is 42.5 Å². The van der Waals surface area contributed by atoms with Crippen molar-refractivity contribution >= 4 is 11.9 Å². The van der Waals surface area contributed by atoms with Gasteiger partial charge >= 0.3 is 5.97 Å². The van der Waals surface area contributed by atoms with Crippen LogP contribution in [0.1, 0.15) is 47.1 Å². The van der Waals surface area contributed by atoms with E-state index in [9.17, 15) is 14.0 Å².